The highest BCUT2D eigenvalue weighted by Gasteiger charge is 2.20. The number of hydrogen-bond acceptors (Lipinski definition) is 3. The number of rotatable bonds is 6. The Kier molecular flexibility index (Phi) is 5.98. The van der Waals surface area contributed by atoms with Crippen LogP contribution in [0.3, 0.4) is 0 Å². The van der Waals surface area contributed by atoms with E-state index in [4.69, 9.17) is 0 Å². The van der Waals surface area contributed by atoms with E-state index in [9.17, 15) is 9.90 Å². The van der Waals surface area contributed by atoms with Gasteiger partial charge in [0.15, 0.2) is 0 Å². The van der Waals surface area contributed by atoms with Crippen molar-refractivity contribution in [3.63, 3.8) is 0 Å². The predicted molar refractivity (Wildman–Crippen MR) is 87.4 cm³/mol. The number of likely N-dealkylation sites (tertiary alicyclic amines) is 1. The molecular formula is C17H25N3O2. The topological polar surface area (TPSA) is 64.6 Å². The Hall–Kier alpha value is -1.85. The number of aliphatic hydroxyl groups is 1. The fourth-order valence-corrected chi connectivity index (χ4v) is 2.57. The van der Waals surface area contributed by atoms with E-state index in [2.05, 4.69) is 28.2 Å². The highest BCUT2D eigenvalue weighted by Crippen LogP contribution is 2.16. The van der Waals surface area contributed by atoms with Crippen LogP contribution in [0.2, 0.25) is 0 Å². The van der Waals surface area contributed by atoms with Gasteiger partial charge in [-0.25, -0.2) is 4.79 Å². The third-order valence-corrected chi connectivity index (χ3v) is 3.91. The van der Waals surface area contributed by atoms with Gasteiger partial charge in [0.05, 0.1) is 6.10 Å². The number of aliphatic hydroxyl groups excluding tert-OH is 1. The van der Waals surface area contributed by atoms with Crippen LogP contribution in [-0.2, 0) is 13.1 Å². The van der Waals surface area contributed by atoms with Gasteiger partial charge in [0.25, 0.3) is 0 Å². The van der Waals surface area contributed by atoms with E-state index in [-0.39, 0.29) is 18.2 Å². The summed E-state index contributed by atoms with van der Waals surface area (Å²) in [5.74, 6) is 0. The number of hydrogen-bond donors (Lipinski definition) is 3. The molecule has 0 saturated carbocycles. The third-order valence-electron chi connectivity index (χ3n) is 3.91. The monoisotopic (exact) mass is 303 g/mol. The van der Waals surface area contributed by atoms with E-state index in [1.165, 1.54) is 5.56 Å². The number of carbonyl (C=O) groups is 1. The van der Waals surface area contributed by atoms with Crippen molar-refractivity contribution in [2.75, 3.05) is 13.1 Å². The minimum atomic E-state index is -0.212. The summed E-state index contributed by atoms with van der Waals surface area (Å²) in [6.07, 6.45) is 2.31. The molecule has 1 aromatic carbocycles. The van der Waals surface area contributed by atoms with Gasteiger partial charge >= 0.3 is 6.03 Å². The van der Waals surface area contributed by atoms with Gasteiger partial charge in [-0.15, -0.1) is 6.58 Å². The second-order valence-electron chi connectivity index (χ2n) is 5.80. The lowest BCUT2D eigenvalue weighted by atomic mass is 10.1. The molecule has 1 aliphatic rings. The van der Waals surface area contributed by atoms with Crippen LogP contribution in [0.5, 0.6) is 0 Å². The lowest BCUT2D eigenvalue weighted by molar-refractivity contribution is 0.174. The molecule has 1 saturated heterocycles. The smallest absolute Gasteiger partial charge is 0.315 e. The maximum atomic E-state index is 11.8. The van der Waals surface area contributed by atoms with Crippen molar-refractivity contribution in [2.45, 2.75) is 38.6 Å². The van der Waals surface area contributed by atoms with Crippen molar-refractivity contribution in [1.82, 2.24) is 15.5 Å². The van der Waals surface area contributed by atoms with Gasteiger partial charge < -0.3 is 15.7 Å². The van der Waals surface area contributed by atoms with Gasteiger partial charge in [-0.2, -0.15) is 0 Å². The SMILES string of the molecule is C=C[C@H](C)NC(=O)NCc1ccccc1CN1CC[C@H](O)C1. The van der Waals surface area contributed by atoms with Gasteiger partial charge in [0.2, 0.25) is 0 Å². The first kappa shape index (κ1) is 16.5. The molecule has 1 heterocycles. The second-order valence-corrected chi connectivity index (χ2v) is 5.80. The Morgan fingerprint density at radius 3 is 2.86 bits per heavy atom. The predicted octanol–water partition coefficient (Wildman–Crippen LogP) is 1.63. The molecule has 0 aromatic heterocycles. The summed E-state index contributed by atoms with van der Waals surface area (Å²) < 4.78 is 0. The molecule has 3 N–H and O–H groups in total. The number of β-amino-alcohol motifs (C(OH)–C–C–N with tert-alkyl or cyclic N) is 1. The zero-order valence-corrected chi connectivity index (χ0v) is 13.1. The highest BCUT2D eigenvalue weighted by molar-refractivity contribution is 5.74. The van der Waals surface area contributed by atoms with Crippen molar-refractivity contribution in [3.05, 3.63) is 48.0 Å². The van der Waals surface area contributed by atoms with Gasteiger partial charge in [-0.1, -0.05) is 30.3 Å². The molecule has 2 rings (SSSR count). The summed E-state index contributed by atoms with van der Waals surface area (Å²) in [6.45, 7) is 8.45. The third kappa shape index (κ3) is 4.86. The number of nitrogens with zero attached hydrogens (tertiary/aromatic N) is 1. The molecule has 2 atom stereocenters. The van der Waals surface area contributed by atoms with Crippen LogP contribution in [0, 0.1) is 0 Å². The Balaban J connectivity index is 1.90. The van der Waals surface area contributed by atoms with Gasteiger partial charge in [0.1, 0.15) is 0 Å². The molecule has 5 nitrogen and oxygen atoms in total. The lowest BCUT2D eigenvalue weighted by Crippen LogP contribution is -2.39. The summed E-state index contributed by atoms with van der Waals surface area (Å²) in [5.41, 5.74) is 2.29. The van der Waals surface area contributed by atoms with Crippen LogP contribution < -0.4 is 10.6 Å². The van der Waals surface area contributed by atoms with Crippen LogP contribution in [0.4, 0.5) is 4.79 Å². The number of urea groups is 1. The summed E-state index contributed by atoms with van der Waals surface area (Å²) in [7, 11) is 0. The summed E-state index contributed by atoms with van der Waals surface area (Å²) in [6, 6.07) is 7.83. The minimum Gasteiger partial charge on any atom is -0.392 e. The molecule has 22 heavy (non-hydrogen) atoms. The average molecular weight is 303 g/mol. The Morgan fingerprint density at radius 1 is 1.50 bits per heavy atom. The number of carbonyl (C=O) groups excluding carboxylic acids is 1. The largest absolute Gasteiger partial charge is 0.392 e. The van der Waals surface area contributed by atoms with E-state index in [1.807, 2.05) is 25.1 Å². The fraction of sp³-hybridized carbons (Fsp3) is 0.471. The first-order valence-electron chi connectivity index (χ1n) is 7.72. The molecule has 0 unspecified atom stereocenters. The molecule has 1 aliphatic heterocycles. The Labute approximate surface area is 132 Å². The quantitative estimate of drug-likeness (QED) is 0.700. The molecule has 1 aromatic rings. The van der Waals surface area contributed by atoms with Gasteiger partial charge in [-0.3, -0.25) is 4.90 Å². The maximum Gasteiger partial charge on any atom is 0.315 e. The van der Waals surface area contributed by atoms with E-state index >= 15 is 0 Å². The zero-order chi connectivity index (χ0) is 15.9. The highest BCUT2D eigenvalue weighted by atomic mass is 16.3. The molecule has 120 valence electrons. The summed E-state index contributed by atoms with van der Waals surface area (Å²) in [4.78, 5) is 14.0. The van der Waals surface area contributed by atoms with E-state index in [0.29, 0.717) is 6.54 Å². The molecule has 5 heteroatoms. The van der Waals surface area contributed by atoms with Crippen molar-refractivity contribution >= 4 is 6.03 Å². The van der Waals surface area contributed by atoms with Crippen LogP contribution in [0.25, 0.3) is 0 Å². The van der Waals surface area contributed by atoms with Crippen LogP contribution in [-0.4, -0.2) is 41.3 Å². The molecular weight excluding hydrogens is 278 g/mol. The standard InChI is InChI=1S/C17H25N3O2/c1-3-13(2)19-17(22)18-10-14-6-4-5-7-15(14)11-20-9-8-16(21)12-20/h3-7,13,16,21H,1,8-12H2,2H3,(H2,18,19,22)/t13-,16-/m0/s1. The molecule has 0 radical (unpaired) electrons. The fourth-order valence-electron chi connectivity index (χ4n) is 2.57. The first-order valence-corrected chi connectivity index (χ1v) is 7.72. The molecule has 0 aliphatic carbocycles. The normalized spacial score (nSPS) is 19.6. The number of nitrogens with one attached hydrogen (secondary N) is 2. The number of amides is 2. The van der Waals surface area contributed by atoms with Crippen molar-refractivity contribution in [3.8, 4) is 0 Å². The molecule has 1 fully saturated rings. The van der Waals surface area contributed by atoms with Crippen LogP contribution >= 0.6 is 0 Å². The van der Waals surface area contributed by atoms with Gasteiger partial charge in [0, 0.05) is 32.2 Å². The van der Waals surface area contributed by atoms with E-state index in [0.717, 1.165) is 31.6 Å². The van der Waals surface area contributed by atoms with Crippen molar-refractivity contribution in [1.29, 1.82) is 0 Å². The average Bonchev–Trinajstić information content (AvgIpc) is 2.91. The van der Waals surface area contributed by atoms with Crippen LogP contribution in [0.1, 0.15) is 24.5 Å². The maximum absolute atomic E-state index is 11.8. The Bertz CT molecular complexity index is 518. The van der Waals surface area contributed by atoms with Crippen molar-refractivity contribution in [2.24, 2.45) is 0 Å². The van der Waals surface area contributed by atoms with Gasteiger partial charge in [-0.05, 0) is 24.5 Å². The Morgan fingerprint density at radius 2 is 2.23 bits per heavy atom. The van der Waals surface area contributed by atoms with E-state index < -0.39 is 0 Å². The molecule has 0 spiro atoms. The summed E-state index contributed by atoms with van der Waals surface area (Å²) >= 11 is 0. The summed E-state index contributed by atoms with van der Waals surface area (Å²) in [5, 5.41) is 15.3. The lowest BCUT2D eigenvalue weighted by Gasteiger charge is -2.18. The number of benzene rings is 1. The zero-order valence-electron chi connectivity index (χ0n) is 13.1. The molecule has 2 amide bonds. The molecule has 0 bridgehead atoms. The second kappa shape index (κ2) is 7.96. The van der Waals surface area contributed by atoms with Crippen molar-refractivity contribution < 1.29 is 9.90 Å². The first-order chi connectivity index (χ1) is 10.6. The van der Waals surface area contributed by atoms with E-state index in [1.54, 1.807) is 6.08 Å². The minimum absolute atomic E-state index is 0.0543. The van der Waals surface area contributed by atoms with Crippen LogP contribution in [0.15, 0.2) is 36.9 Å².